The van der Waals surface area contributed by atoms with Gasteiger partial charge in [-0.2, -0.15) is 26.3 Å². The van der Waals surface area contributed by atoms with Crippen LogP contribution in [0.2, 0.25) is 0 Å². The van der Waals surface area contributed by atoms with Crippen LogP contribution in [0.3, 0.4) is 0 Å². The Morgan fingerprint density at radius 1 is 0.679 bits per heavy atom. The molecule has 5 aliphatic heterocycles. The molecule has 2 atom stereocenters. The minimum absolute atomic E-state index is 0.0844. The van der Waals surface area contributed by atoms with Crippen molar-refractivity contribution in [2.75, 3.05) is 56.4 Å². The van der Waals surface area contributed by atoms with Crippen LogP contribution < -0.4 is 35.9 Å². The first-order valence-electron chi connectivity index (χ1n) is 24.5. The Morgan fingerprint density at radius 3 is 1.63 bits per heavy atom. The third-order valence-electron chi connectivity index (χ3n) is 13.8. The summed E-state index contributed by atoms with van der Waals surface area (Å²) in [5, 5.41) is 5.48. The molecule has 0 unspecified atom stereocenters. The fourth-order valence-corrected chi connectivity index (χ4v) is 9.48. The van der Waals surface area contributed by atoms with Crippen molar-refractivity contribution in [1.29, 1.82) is 0 Å². The minimum atomic E-state index is -4.44. The number of pyridine rings is 4. The van der Waals surface area contributed by atoms with Gasteiger partial charge in [0.25, 0.3) is 0 Å². The number of carbonyl (C=O) groups excluding carboxylic acids is 4. The highest BCUT2D eigenvalue weighted by Gasteiger charge is 2.53. The van der Waals surface area contributed by atoms with E-state index in [2.05, 4.69) is 61.4 Å². The fraction of sp³-hybridized carbons (Fsp3) is 0.400. The zero-order valence-corrected chi connectivity index (χ0v) is 43.9. The normalized spacial score (nSPS) is 18.5. The number of amides is 4. The number of nitrogens with one attached hydrogen (secondary N) is 2. The van der Waals surface area contributed by atoms with Gasteiger partial charge in [-0.05, 0) is 89.1 Å². The van der Waals surface area contributed by atoms with Crippen LogP contribution in [0.25, 0.3) is 11.3 Å². The number of rotatable bonds is 10. The van der Waals surface area contributed by atoms with Crippen LogP contribution in [-0.2, 0) is 9.31 Å². The zero-order valence-electron chi connectivity index (χ0n) is 42.3. The minimum Gasteiger partial charge on any atom is -0.452 e. The molecular weight excluding hydrogens is 1100 g/mol. The van der Waals surface area contributed by atoms with Gasteiger partial charge in [0, 0.05) is 61.5 Å². The molecular formula is C50H50BBrF6N12O8. The highest BCUT2D eigenvalue weighted by atomic mass is 79.9. The van der Waals surface area contributed by atoms with E-state index in [1.807, 2.05) is 32.6 Å². The lowest BCUT2D eigenvalue weighted by molar-refractivity contribution is -0.134. The van der Waals surface area contributed by atoms with Gasteiger partial charge >= 0.3 is 31.5 Å². The first kappa shape index (κ1) is 55.3. The number of aromatic nitrogens is 6. The number of nitrogens with zero attached hydrogens (tertiary/aromatic N) is 10. The molecule has 0 aliphatic carbocycles. The lowest BCUT2D eigenvalue weighted by Gasteiger charge is -2.35. The maximum atomic E-state index is 13.3. The standard InChI is InChI=1S/C22H19F3N6O3.C19H17BrF3N5O2.C9H14BNO3/c23-22(24,25)6-3-17(32)15-1-2-16-20(28-15)31(14-5-8-30(16)11-14)21(33)29-19-9-13(4-7-27-19)18-10-26-12-34-18;20-11-4-7-24-16(9-11)26-18(30)28-12-5-8-27(10-12)14-2-1-13(25-17(14)28)15(29)3-6-19(21,22)23;1-8(2)9(3,4)14-10(13-8)7-5-11-6-12-7/h1-2,4,7,9-10,12,14H,3,5-6,8,11H2,(H,27,29,33);1-2,4,7,9,12H,3,5-6,8,10H2,(H,24,26,30);5-6H,1-4H3/t14-;12-;/m00./s1. The Morgan fingerprint density at radius 2 is 1.17 bits per heavy atom. The molecule has 6 aromatic heterocycles. The number of alkyl halides is 6. The third kappa shape index (κ3) is 12.6. The largest absolute Gasteiger partial charge is 0.534 e. The van der Waals surface area contributed by atoms with Crippen molar-refractivity contribution >= 4 is 87.0 Å². The van der Waals surface area contributed by atoms with Gasteiger partial charge in [-0.25, -0.2) is 39.5 Å². The van der Waals surface area contributed by atoms with E-state index in [9.17, 15) is 45.5 Å². The fourth-order valence-electron chi connectivity index (χ4n) is 9.14. The molecule has 3 saturated heterocycles. The summed E-state index contributed by atoms with van der Waals surface area (Å²) in [7, 11) is -0.442. The van der Waals surface area contributed by atoms with Crippen molar-refractivity contribution in [3.05, 3.63) is 102 Å². The molecule has 6 aromatic rings. The van der Waals surface area contributed by atoms with Crippen molar-refractivity contribution in [2.45, 2.75) is 102 Å². The molecule has 5 aliphatic rings. The number of hydrogen-bond donors (Lipinski definition) is 2. The first-order valence-corrected chi connectivity index (χ1v) is 25.3. The molecule has 0 radical (unpaired) electrons. The van der Waals surface area contributed by atoms with E-state index in [-0.39, 0.29) is 52.1 Å². The maximum Gasteiger partial charge on any atom is 0.534 e. The van der Waals surface area contributed by atoms with Crippen LogP contribution in [0, 0.1) is 0 Å². The van der Waals surface area contributed by atoms with E-state index in [0.717, 1.165) is 11.0 Å². The van der Waals surface area contributed by atoms with Gasteiger partial charge in [-0.1, -0.05) is 15.9 Å². The monoisotopic (exact) mass is 1150 g/mol. The number of urea groups is 2. The molecule has 410 valence electrons. The van der Waals surface area contributed by atoms with Crippen LogP contribution in [0.15, 0.2) is 99.4 Å². The first-order chi connectivity index (χ1) is 36.9. The second kappa shape index (κ2) is 22.1. The van der Waals surface area contributed by atoms with E-state index in [1.54, 1.807) is 42.6 Å². The van der Waals surface area contributed by atoms with Crippen LogP contribution in [0.1, 0.15) is 87.2 Å². The van der Waals surface area contributed by atoms with Crippen molar-refractivity contribution in [3.63, 3.8) is 0 Å². The van der Waals surface area contributed by atoms with Gasteiger partial charge in [-0.3, -0.25) is 30.0 Å². The van der Waals surface area contributed by atoms with Gasteiger partial charge in [0.15, 0.2) is 47.4 Å². The SMILES string of the molecule is CC1(C)OB(c2cnco2)OC1(C)C.O=C(CCC(F)(F)F)c1ccc2c(n1)N(C(=O)Nc1cc(-c3cnco3)ccn1)[C@H]1CCN2C1.O=C(CCC(F)(F)F)c1ccc2c(n1)N(C(=O)Nc1cc(Br)ccn1)[C@H]1CCN2C1. The Labute approximate surface area is 450 Å². The summed E-state index contributed by atoms with van der Waals surface area (Å²) in [5.74, 6) is 0.208. The van der Waals surface area contributed by atoms with E-state index < -0.39 is 68.8 Å². The number of Topliss-reactive ketones (excluding diaryl/α,β-unsaturated/α-hetero) is 2. The van der Waals surface area contributed by atoms with Gasteiger partial charge in [0.2, 0.25) is 0 Å². The highest BCUT2D eigenvalue weighted by molar-refractivity contribution is 9.10. The predicted molar refractivity (Wildman–Crippen MR) is 276 cm³/mol. The lowest BCUT2D eigenvalue weighted by atomic mass is 9.87. The van der Waals surface area contributed by atoms with E-state index in [4.69, 9.17) is 18.1 Å². The zero-order chi connectivity index (χ0) is 55.7. The summed E-state index contributed by atoms with van der Waals surface area (Å²) < 4.78 is 97.7. The molecule has 3 fully saturated rings. The summed E-state index contributed by atoms with van der Waals surface area (Å²) >= 11 is 3.32. The smallest absolute Gasteiger partial charge is 0.452 e. The number of ketones is 2. The second-order valence-electron chi connectivity index (χ2n) is 19.7. The lowest BCUT2D eigenvalue weighted by Crippen LogP contribution is -2.48. The number of halogens is 7. The summed E-state index contributed by atoms with van der Waals surface area (Å²) in [6.07, 6.45) is -2.40. The molecule has 11 rings (SSSR count). The van der Waals surface area contributed by atoms with Crippen LogP contribution >= 0.6 is 15.9 Å². The Kier molecular flexibility index (Phi) is 15.7. The number of fused-ring (bicyclic) bond motifs is 8. The van der Waals surface area contributed by atoms with Gasteiger partial charge in [-0.15, -0.1) is 0 Å². The second-order valence-corrected chi connectivity index (χ2v) is 20.6. The summed E-state index contributed by atoms with van der Waals surface area (Å²) in [6, 6.07) is 11.5. The molecule has 0 saturated carbocycles. The van der Waals surface area contributed by atoms with Gasteiger partial charge in [0.1, 0.15) is 23.0 Å². The predicted octanol–water partition coefficient (Wildman–Crippen LogP) is 9.66. The Hall–Kier alpha value is -7.46. The van der Waals surface area contributed by atoms with Crippen LogP contribution in [0.4, 0.5) is 70.6 Å². The van der Waals surface area contributed by atoms with Crippen molar-refractivity contribution < 1.29 is 63.7 Å². The average molecular weight is 1150 g/mol. The summed E-state index contributed by atoms with van der Waals surface area (Å²) in [5.41, 5.74) is 1.77. The number of anilines is 6. The molecule has 28 heteroatoms. The highest BCUT2D eigenvalue weighted by Crippen LogP contribution is 2.42. The van der Waals surface area contributed by atoms with Gasteiger partial charge < -0.3 is 27.9 Å². The number of carbonyl (C=O) groups is 4. The Balaban J connectivity index is 0.000000154. The summed E-state index contributed by atoms with van der Waals surface area (Å²) in [4.78, 5) is 82.6. The van der Waals surface area contributed by atoms with E-state index >= 15 is 0 Å². The molecule has 2 N–H and O–H groups in total. The molecule has 20 nitrogen and oxygen atoms in total. The molecule has 0 aromatic carbocycles. The van der Waals surface area contributed by atoms with E-state index in [1.165, 1.54) is 53.3 Å². The number of hydrogen-bond acceptors (Lipinski definition) is 16. The third-order valence-corrected chi connectivity index (χ3v) is 14.3. The summed E-state index contributed by atoms with van der Waals surface area (Å²) in [6.45, 7) is 10.6. The van der Waals surface area contributed by atoms with Crippen molar-refractivity contribution in [2.24, 2.45) is 0 Å². The topological polar surface area (TPSA) is 227 Å². The molecule has 0 spiro atoms. The van der Waals surface area contributed by atoms with E-state index in [0.29, 0.717) is 66.7 Å². The molecule has 78 heavy (non-hydrogen) atoms. The van der Waals surface area contributed by atoms with Crippen molar-refractivity contribution in [1.82, 2.24) is 29.9 Å². The molecule has 4 amide bonds. The van der Waals surface area contributed by atoms with Crippen LogP contribution in [-0.4, -0.2) is 122 Å². The van der Waals surface area contributed by atoms with Crippen LogP contribution in [0.5, 0.6) is 0 Å². The van der Waals surface area contributed by atoms with Gasteiger partial charge in [0.05, 0.1) is 59.9 Å². The Bertz CT molecular complexity index is 3150. The van der Waals surface area contributed by atoms with Crippen molar-refractivity contribution in [3.8, 4) is 11.3 Å². The molecule has 11 heterocycles. The molecule has 4 bridgehead atoms. The quantitative estimate of drug-likeness (QED) is 0.0739. The maximum absolute atomic E-state index is 13.3. The number of oxazole rings is 2. The average Bonchev–Trinajstić information content (AvgIpc) is 4.29.